The van der Waals surface area contributed by atoms with Gasteiger partial charge in [-0.1, -0.05) is 42.5 Å². The minimum absolute atomic E-state index is 0.130. The average molecular weight is 473 g/mol. The van der Waals surface area contributed by atoms with Gasteiger partial charge in [-0.3, -0.25) is 14.4 Å². The Morgan fingerprint density at radius 1 is 1.17 bits per heavy atom. The van der Waals surface area contributed by atoms with Crippen LogP contribution in [0.25, 0.3) is 10.9 Å². The van der Waals surface area contributed by atoms with Gasteiger partial charge in [0, 0.05) is 42.2 Å². The van der Waals surface area contributed by atoms with Crippen molar-refractivity contribution < 1.29 is 14.4 Å². The van der Waals surface area contributed by atoms with Crippen molar-refractivity contribution in [1.29, 1.82) is 0 Å². The van der Waals surface area contributed by atoms with Crippen LogP contribution < -0.4 is 11.1 Å². The van der Waals surface area contributed by atoms with Crippen LogP contribution in [0.5, 0.6) is 0 Å². The Hall–Kier alpha value is -3.45. The molecule has 0 radical (unpaired) electrons. The summed E-state index contributed by atoms with van der Waals surface area (Å²) in [6, 6.07) is 14.8. The second-order valence-corrected chi connectivity index (χ2v) is 10.6. The first-order valence-corrected chi connectivity index (χ1v) is 12.2. The summed E-state index contributed by atoms with van der Waals surface area (Å²) in [5, 5.41) is 3.93. The molecule has 1 aliphatic carbocycles. The molecule has 0 bridgehead atoms. The normalized spacial score (nSPS) is 20.8. The number of aromatic amines is 1. The van der Waals surface area contributed by atoms with Gasteiger partial charge >= 0.3 is 0 Å². The summed E-state index contributed by atoms with van der Waals surface area (Å²) in [6.45, 7) is 4.18. The van der Waals surface area contributed by atoms with E-state index >= 15 is 0 Å². The van der Waals surface area contributed by atoms with Crippen molar-refractivity contribution in [3.8, 4) is 0 Å². The predicted molar refractivity (Wildman–Crippen MR) is 135 cm³/mol. The fourth-order valence-electron chi connectivity index (χ4n) is 5.56. The van der Waals surface area contributed by atoms with Crippen LogP contribution in [-0.4, -0.2) is 52.2 Å². The SMILES string of the molecule is CC(C)(N)C(=O)N[C@H](Cc1c[nH]c2ccccc12)C(=O)N1CCCC2(Cc3ccccc3C2=O)C1. The maximum absolute atomic E-state index is 13.9. The van der Waals surface area contributed by atoms with E-state index in [0.717, 1.165) is 40.4 Å². The Balaban J connectivity index is 1.42. The van der Waals surface area contributed by atoms with Gasteiger partial charge in [0.05, 0.1) is 11.0 Å². The van der Waals surface area contributed by atoms with Gasteiger partial charge in [0.1, 0.15) is 6.04 Å². The number of hydrogen-bond acceptors (Lipinski definition) is 4. The minimum Gasteiger partial charge on any atom is -0.361 e. The second-order valence-electron chi connectivity index (χ2n) is 10.6. The highest BCUT2D eigenvalue weighted by Crippen LogP contribution is 2.43. The lowest BCUT2D eigenvalue weighted by atomic mass is 9.76. The standard InChI is InChI=1S/C28H32N4O3/c1-27(2,29)26(35)31-23(14-19-16-30-22-11-6-5-9-20(19)22)25(34)32-13-7-12-28(17-32)15-18-8-3-4-10-21(18)24(28)33/h3-6,8-11,16,23,30H,7,12-15,17,29H2,1-2H3,(H,31,35)/t23-,28?/m1/s1. The maximum Gasteiger partial charge on any atom is 0.245 e. The van der Waals surface area contributed by atoms with Crippen LogP contribution in [0.15, 0.2) is 54.7 Å². The van der Waals surface area contributed by atoms with Crippen molar-refractivity contribution in [2.45, 2.75) is 51.1 Å². The fraction of sp³-hybridized carbons (Fsp3) is 0.393. The monoisotopic (exact) mass is 472 g/mol. The molecular weight excluding hydrogens is 440 g/mol. The van der Waals surface area contributed by atoms with Crippen molar-refractivity contribution >= 4 is 28.5 Å². The van der Waals surface area contributed by atoms with E-state index in [1.54, 1.807) is 18.7 Å². The molecule has 35 heavy (non-hydrogen) atoms. The van der Waals surface area contributed by atoms with Crippen molar-refractivity contribution in [2.75, 3.05) is 13.1 Å². The third kappa shape index (κ3) is 4.25. The topological polar surface area (TPSA) is 108 Å². The van der Waals surface area contributed by atoms with E-state index in [0.29, 0.717) is 25.9 Å². The van der Waals surface area contributed by atoms with Gasteiger partial charge in [-0.05, 0) is 50.3 Å². The first-order chi connectivity index (χ1) is 16.7. The van der Waals surface area contributed by atoms with E-state index in [2.05, 4.69) is 10.3 Å². The summed E-state index contributed by atoms with van der Waals surface area (Å²) in [7, 11) is 0. The lowest BCUT2D eigenvalue weighted by Gasteiger charge is -2.40. The number of para-hydroxylation sites is 1. The molecular formula is C28H32N4O3. The zero-order valence-corrected chi connectivity index (χ0v) is 20.3. The fourth-order valence-corrected chi connectivity index (χ4v) is 5.56. The molecule has 3 aromatic rings. The van der Waals surface area contributed by atoms with E-state index in [4.69, 9.17) is 5.73 Å². The number of nitrogens with zero attached hydrogens (tertiary/aromatic N) is 1. The summed E-state index contributed by atoms with van der Waals surface area (Å²) in [5.41, 5.74) is 8.10. The summed E-state index contributed by atoms with van der Waals surface area (Å²) >= 11 is 0. The molecule has 182 valence electrons. The molecule has 1 aromatic heterocycles. The molecule has 7 heteroatoms. The molecule has 5 rings (SSSR count). The zero-order valence-electron chi connectivity index (χ0n) is 20.3. The molecule has 1 aliphatic heterocycles. The minimum atomic E-state index is -1.12. The van der Waals surface area contributed by atoms with Crippen molar-refractivity contribution in [3.63, 3.8) is 0 Å². The number of fused-ring (bicyclic) bond motifs is 2. The van der Waals surface area contributed by atoms with Crippen LogP contribution in [-0.2, 0) is 22.4 Å². The number of hydrogen-bond donors (Lipinski definition) is 3. The lowest BCUT2D eigenvalue weighted by molar-refractivity contribution is -0.139. The van der Waals surface area contributed by atoms with Gasteiger partial charge in [-0.25, -0.2) is 0 Å². The highest BCUT2D eigenvalue weighted by molar-refractivity contribution is 6.05. The van der Waals surface area contributed by atoms with Crippen LogP contribution in [0.1, 0.15) is 48.2 Å². The molecule has 1 spiro atoms. The van der Waals surface area contributed by atoms with Crippen molar-refractivity contribution in [3.05, 3.63) is 71.4 Å². The van der Waals surface area contributed by atoms with E-state index in [-0.39, 0.29) is 17.6 Å². The largest absolute Gasteiger partial charge is 0.361 e. The number of amides is 2. The number of carbonyl (C=O) groups excluding carboxylic acids is 3. The Bertz CT molecular complexity index is 1300. The maximum atomic E-state index is 13.9. The number of benzene rings is 2. The van der Waals surface area contributed by atoms with Crippen LogP contribution >= 0.6 is 0 Å². The third-order valence-corrected chi connectivity index (χ3v) is 7.45. The molecule has 7 nitrogen and oxygen atoms in total. The number of aromatic nitrogens is 1. The summed E-state index contributed by atoms with van der Waals surface area (Å²) < 4.78 is 0. The molecule has 1 saturated heterocycles. The van der Waals surface area contributed by atoms with Crippen LogP contribution in [0, 0.1) is 5.41 Å². The number of H-pyrrole nitrogens is 1. The first-order valence-electron chi connectivity index (χ1n) is 12.2. The van der Waals surface area contributed by atoms with Gasteiger partial charge in [-0.2, -0.15) is 0 Å². The van der Waals surface area contributed by atoms with Gasteiger partial charge in [-0.15, -0.1) is 0 Å². The number of ketones is 1. The number of rotatable bonds is 5. The summed E-state index contributed by atoms with van der Waals surface area (Å²) in [6.07, 6.45) is 4.39. The smallest absolute Gasteiger partial charge is 0.245 e. The highest BCUT2D eigenvalue weighted by atomic mass is 16.2. The van der Waals surface area contributed by atoms with Crippen LogP contribution in [0.3, 0.4) is 0 Å². The first kappa shape index (κ1) is 23.3. The van der Waals surface area contributed by atoms with Crippen LogP contribution in [0.2, 0.25) is 0 Å². The average Bonchev–Trinajstić information content (AvgIpc) is 3.36. The highest BCUT2D eigenvalue weighted by Gasteiger charge is 2.49. The van der Waals surface area contributed by atoms with E-state index < -0.39 is 17.0 Å². The van der Waals surface area contributed by atoms with Gasteiger partial charge in [0.2, 0.25) is 11.8 Å². The quantitative estimate of drug-likeness (QED) is 0.530. The van der Waals surface area contributed by atoms with E-state index in [1.165, 1.54) is 0 Å². The molecule has 4 N–H and O–H groups in total. The number of carbonyl (C=O) groups is 3. The molecule has 2 heterocycles. The van der Waals surface area contributed by atoms with Gasteiger partial charge < -0.3 is 20.9 Å². The molecule has 0 saturated carbocycles. The molecule has 1 unspecified atom stereocenters. The summed E-state index contributed by atoms with van der Waals surface area (Å²) in [5.74, 6) is -0.423. The Morgan fingerprint density at radius 3 is 2.69 bits per heavy atom. The molecule has 2 atom stereocenters. The van der Waals surface area contributed by atoms with Gasteiger partial charge in [0.15, 0.2) is 5.78 Å². The molecule has 2 aromatic carbocycles. The number of piperidine rings is 1. The number of likely N-dealkylation sites (tertiary alicyclic amines) is 1. The zero-order chi connectivity index (χ0) is 24.8. The van der Waals surface area contributed by atoms with Crippen molar-refractivity contribution in [2.24, 2.45) is 11.1 Å². The summed E-state index contributed by atoms with van der Waals surface area (Å²) in [4.78, 5) is 45.1. The molecule has 2 amide bonds. The van der Waals surface area contributed by atoms with Crippen molar-refractivity contribution in [1.82, 2.24) is 15.2 Å². The van der Waals surface area contributed by atoms with Crippen LogP contribution in [0.4, 0.5) is 0 Å². The lowest BCUT2D eigenvalue weighted by Crippen LogP contribution is -2.59. The molecule has 1 fully saturated rings. The third-order valence-electron chi connectivity index (χ3n) is 7.45. The number of nitrogens with two attached hydrogens (primary N) is 1. The van der Waals surface area contributed by atoms with E-state index in [9.17, 15) is 14.4 Å². The number of Topliss-reactive ketones (excluding diaryl/α,β-unsaturated/α-hetero) is 1. The van der Waals surface area contributed by atoms with Gasteiger partial charge in [0.25, 0.3) is 0 Å². The molecule has 2 aliphatic rings. The predicted octanol–water partition coefficient (Wildman–Crippen LogP) is 2.98. The second kappa shape index (κ2) is 8.64. The Labute approximate surface area is 205 Å². The number of nitrogens with one attached hydrogen (secondary N) is 2. The Kier molecular flexibility index (Phi) is 5.75. The van der Waals surface area contributed by atoms with E-state index in [1.807, 2.05) is 54.7 Å². The Morgan fingerprint density at radius 2 is 1.91 bits per heavy atom.